The summed E-state index contributed by atoms with van der Waals surface area (Å²) >= 11 is 1.71. The minimum Gasteiger partial charge on any atom is -0.347 e. The molecular formula is C18H16N4S. The van der Waals surface area contributed by atoms with Crippen molar-refractivity contribution in [2.24, 2.45) is 4.99 Å². The maximum Gasteiger partial charge on any atom is 0.0922 e. The van der Waals surface area contributed by atoms with Crippen molar-refractivity contribution in [1.82, 2.24) is 9.97 Å². The number of hydrogen-bond acceptors (Lipinski definition) is 4. The van der Waals surface area contributed by atoms with Gasteiger partial charge in [-0.15, -0.1) is 11.3 Å². The van der Waals surface area contributed by atoms with Gasteiger partial charge in [0.1, 0.15) is 0 Å². The molecule has 3 heterocycles. The number of aromatic amines is 1. The van der Waals surface area contributed by atoms with Crippen LogP contribution in [0.3, 0.4) is 0 Å². The zero-order chi connectivity index (χ0) is 15.5. The summed E-state index contributed by atoms with van der Waals surface area (Å²) in [5.74, 6) is 0. The van der Waals surface area contributed by atoms with Crippen LogP contribution in [0.4, 0.5) is 5.69 Å². The maximum atomic E-state index is 4.69. The van der Waals surface area contributed by atoms with E-state index in [1.807, 2.05) is 18.5 Å². The fraction of sp³-hybridized carbons (Fsp3) is 0.111. The third kappa shape index (κ3) is 3.10. The lowest BCUT2D eigenvalue weighted by atomic mass is 10.1. The van der Waals surface area contributed by atoms with Crippen LogP contribution in [0.2, 0.25) is 0 Å². The lowest BCUT2D eigenvalue weighted by molar-refractivity contribution is 0.918. The summed E-state index contributed by atoms with van der Waals surface area (Å²) in [7, 11) is 0. The summed E-state index contributed by atoms with van der Waals surface area (Å²) in [6.45, 7) is 0.755. The molecule has 0 spiro atoms. The molecule has 5 heteroatoms. The van der Waals surface area contributed by atoms with Gasteiger partial charge in [-0.25, -0.2) is 4.98 Å². The van der Waals surface area contributed by atoms with Crippen LogP contribution in [0, 0.1) is 0 Å². The third-order valence-electron chi connectivity index (χ3n) is 3.76. The molecule has 3 aromatic rings. The number of nitrogens with zero attached hydrogens (tertiary/aromatic N) is 3. The Kier molecular flexibility index (Phi) is 3.78. The van der Waals surface area contributed by atoms with Crippen molar-refractivity contribution < 1.29 is 0 Å². The number of aliphatic imine (C=N–C) groups is 1. The molecule has 0 atom stereocenters. The van der Waals surface area contributed by atoms with Gasteiger partial charge in [0.25, 0.3) is 0 Å². The SMILES string of the molecule is C1=NC(Cc2ccccc2)=CN(Cc2cnc[nH]2)c2ccsc21. The smallest absolute Gasteiger partial charge is 0.0922 e. The van der Waals surface area contributed by atoms with E-state index in [1.165, 1.54) is 16.1 Å². The van der Waals surface area contributed by atoms with E-state index >= 15 is 0 Å². The lowest BCUT2D eigenvalue weighted by Gasteiger charge is -2.19. The van der Waals surface area contributed by atoms with Crippen LogP contribution in [-0.4, -0.2) is 16.2 Å². The lowest BCUT2D eigenvalue weighted by Crippen LogP contribution is -2.16. The Morgan fingerprint density at radius 1 is 1.13 bits per heavy atom. The molecule has 4 nitrogen and oxygen atoms in total. The molecule has 0 saturated carbocycles. The number of nitrogens with one attached hydrogen (secondary N) is 1. The first-order valence-electron chi connectivity index (χ1n) is 7.48. The largest absolute Gasteiger partial charge is 0.347 e. The number of aromatic nitrogens is 2. The average molecular weight is 320 g/mol. The fourth-order valence-electron chi connectivity index (χ4n) is 2.65. The predicted molar refractivity (Wildman–Crippen MR) is 94.9 cm³/mol. The van der Waals surface area contributed by atoms with Crippen molar-refractivity contribution in [3.05, 3.63) is 82.3 Å². The molecule has 4 rings (SSSR count). The standard InChI is InChI=1S/C18H16N4S/c1-2-4-14(5-3-1)8-15-11-22(12-16-9-19-13-21-16)17-6-7-23-18(17)10-20-15/h1-7,9-11,13H,8,12H2,(H,19,21). The number of imidazole rings is 1. The number of H-pyrrole nitrogens is 1. The molecule has 0 fully saturated rings. The van der Waals surface area contributed by atoms with Gasteiger partial charge in [-0.05, 0) is 17.0 Å². The van der Waals surface area contributed by atoms with Crippen molar-refractivity contribution >= 4 is 23.2 Å². The van der Waals surface area contributed by atoms with E-state index in [0.717, 1.165) is 24.4 Å². The maximum absolute atomic E-state index is 4.69. The molecule has 1 aliphatic heterocycles. The van der Waals surface area contributed by atoms with Crippen LogP contribution in [0.25, 0.3) is 0 Å². The Labute approximate surface area is 138 Å². The van der Waals surface area contributed by atoms with Crippen molar-refractivity contribution in [3.8, 4) is 0 Å². The summed E-state index contributed by atoms with van der Waals surface area (Å²) in [4.78, 5) is 15.4. The summed E-state index contributed by atoms with van der Waals surface area (Å²) < 4.78 is 0. The van der Waals surface area contributed by atoms with Crippen molar-refractivity contribution in [3.63, 3.8) is 0 Å². The number of rotatable bonds is 4. The highest BCUT2D eigenvalue weighted by Gasteiger charge is 2.15. The Morgan fingerprint density at radius 3 is 2.87 bits per heavy atom. The highest BCUT2D eigenvalue weighted by Crippen LogP contribution is 2.29. The molecule has 0 bridgehead atoms. The molecule has 2 aromatic heterocycles. The zero-order valence-electron chi connectivity index (χ0n) is 12.5. The van der Waals surface area contributed by atoms with Crippen LogP contribution in [0.5, 0.6) is 0 Å². The van der Waals surface area contributed by atoms with Gasteiger partial charge < -0.3 is 9.88 Å². The van der Waals surface area contributed by atoms with Gasteiger partial charge in [0.05, 0.1) is 34.8 Å². The molecule has 0 aliphatic carbocycles. The second kappa shape index (κ2) is 6.22. The molecular weight excluding hydrogens is 304 g/mol. The molecule has 1 aromatic carbocycles. The van der Waals surface area contributed by atoms with Crippen LogP contribution < -0.4 is 4.90 Å². The molecule has 0 saturated heterocycles. The first-order chi connectivity index (χ1) is 11.4. The minimum absolute atomic E-state index is 0.755. The average Bonchev–Trinajstić information content (AvgIpc) is 3.21. The van der Waals surface area contributed by atoms with Gasteiger partial charge in [0, 0.05) is 25.0 Å². The number of allylic oxidation sites excluding steroid dienone is 1. The summed E-state index contributed by atoms with van der Waals surface area (Å²) in [6, 6.07) is 12.6. The van der Waals surface area contributed by atoms with Crippen LogP contribution in [0.1, 0.15) is 16.1 Å². The Balaban J connectivity index is 1.65. The highest BCUT2D eigenvalue weighted by molar-refractivity contribution is 7.12. The normalized spacial score (nSPS) is 13.6. The minimum atomic E-state index is 0.755. The van der Waals surface area contributed by atoms with Gasteiger partial charge in [-0.2, -0.15) is 0 Å². The zero-order valence-corrected chi connectivity index (χ0v) is 13.3. The fourth-order valence-corrected chi connectivity index (χ4v) is 3.42. The Bertz CT molecular complexity index is 831. The molecule has 0 unspecified atom stereocenters. The predicted octanol–water partition coefficient (Wildman–Crippen LogP) is 3.99. The van der Waals surface area contributed by atoms with Gasteiger partial charge in [0.2, 0.25) is 0 Å². The van der Waals surface area contributed by atoms with E-state index in [4.69, 9.17) is 4.99 Å². The van der Waals surface area contributed by atoms with Gasteiger partial charge in [-0.1, -0.05) is 30.3 Å². The molecule has 0 amide bonds. The van der Waals surface area contributed by atoms with E-state index in [1.54, 1.807) is 17.7 Å². The Morgan fingerprint density at radius 2 is 2.04 bits per heavy atom. The van der Waals surface area contributed by atoms with E-state index in [-0.39, 0.29) is 0 Å². The Hall–Kier alpha value is -2.66. The second-order valence-corrected chi connectivity index (χ2v) is 6.36. The molecule has 23 heavy (non-hydrogen) atoms. The molecule has 0 radical (unpaired) electrons. The van der Waals surface area contributed by atoms with E-state index in [0.29, 0.717) is 0 Å². The van der Waals surface area contributed by atoms with Gasteiger partial charge in [0.15, 0.2) is 0 Å². The summed E-state index contributed by atoms with van der Waals surface area (Å²) in [5.41, 5.74) is 4.59. The number of fused-ring (bicyclic) bond motifs is 1. The molecule has 114 valence electrons. The van der Waals surface area contributed by atoms with Crippen molar-refractivity contribution in [1.29, 1.82) is 0 Å². The van der Waals surface area contributed by atoms with Crippen LogP contribution >= 0.6 is 11.3 Å². The first kappa shape index (κ1) is 14.0. The number of hydrogen-bond donors (Lipinski definition) is 1. The first-order valence-corrected chi connectivity index (χ1v) is 8.36. The number of benzene rings is 1. The summed E-state index contributed by atoms with van der Waals surface area (Å²) in [5, 5.41) is 2.10. The quantitative estimate of drug-likeness (QED) is 0.790. The molecule has 1 aliphatic rings. The second-order valence-electron chi connectivity index (χ2n) is 5.42. The van der Waals surface area contributed by atoms with Gasteiger partial charge in [-0.3, -0.25) is 4.99 Å². The number of thiophene rings is 1. The third-order valence-corrected chi connectivity index (χ3v) is 4.60. The van der Waals surface area contributed by atoms with E-state index < -0.39 is 0 Å². The monoisotopic (exact) mass is 320 g/mol. The highest BCUT2D eigenvalue weighted by atomic mass is 32.1. The van der Waals surface area contributed by atoms with E-state index in [9.17, 15) is 0 Å². The number of anilines is 1. The molecule has 1 N–H and O–H groups in total. The van der Waals surface area contributed by atoms with Crippen LogP contribution in [0.15, 0.2) is 71.2 Å². The summed E-state index contributed by atoms with van der Waals surface area (Å²) in [6.07, 6.45) is 8.52. The van der Waals surface area contributed by atoms with Gasteiger partial charge >= 0.3 is 0 Å². The topological polar surface area (TPSA) is 44.3 Å². The van der Waals surface area contributed by atoms with Crippen LogP contribution in [-0.2, 0) is 13.0 Å². The van der Waals surface area contributed by atoms with E-state index in [2.05, 4.69) is 56.8 Å². The van der Waals surface area contributed by atoms with Crippen molar-refractivity contribution in [2.45, 2.75) is 13.0 Å². The van der Waals surface area contributed by atoms with Crippen molar-refractivity contribution in [2.75, 3.05) is 4.90 Å².